The second kappa shape index (κ2) is 15.0. The third-order valence-corrected chi connectivity index (χ3v) is 5.98. The summed E-state index contributed by atoms with van der Waals surface area (Å²) in [6.45, 7) is 9.92. The molecule has 0 spiro atoms. The van der Waals surface area contributed by atoms with Crippen LogP contribution in [-0.4, -0.2) is 57.8 Å². The Morgan fingerprint density at radius 2 is 1.62 bits per heavy atom. The molecule has 0 saturated carbocycles. The lowest BCUT2D eigenvalue weighted by Crippen LogP contribution is -2.54. The van der Waals surface area contributed by atoms with Gasteiger partial charge in [0.25, 0.3) is 0 Å². The number of carbonyl (C=O) groups excluding carboxylic acids is 3. The minimum absolute atomic E-state index is 0.0192. The van der Waals surface area contributed by atoms with E-state index in [-0.39, 0.29) is 30.4 Å². The lowest BCUT2D eigenvalue weighted by molar-refractivity contribution is -0.142. The summed E-state index contributed by atoms with van der Waals surface area (Å²) < 4.78 is 5.44. The predicted octanol–water partition coefficient (Wildman–Crippen LogP) is 4.82. The third kappa shape index (κ3) is 10.5. The minimum atomic E-state index is -1.05. The first kappa shape index (κ1) is 31.5. The van der Waals surface area contributed by atoms with Gasteiger partial charge in [-0.15, -0.1) is 0 Å². The molecule has 4 N–H and O–H groups in total. The molecule has 2 aromatic carbocycles. The van der Waals surface area contributed by atoms with Crippen molar-refractivity contribution >= 4 is 17.9 Å². The van der Waals surface area contributed by atoms with E-state index >= 15 is 0 Å². The highest BCUT2D eigenvalue weighted by molar-refractivity contribution is 5.92. The molecule has 0 radical (unpaired) electrons. The number of nitrogens with zero attached hydrogens (tertiary/aromatic N) is 1. The zero-order valence-electron chi connectivity index (χ0n) is 23.7. The molecule has 0 aliphatic carbocycles. The number of phenols is 2. The van der Waals surface area contributed by atoms with Gasteiger partial charge < -0.3 is 30.5 Å². The topological polar surface area (TPSA) is 128 Å². The van der Waals surface area contributed by atoms with E-state index in [4.69, 9.17) is 4.74 Å². The van der Waals surface area contributed by atoms with Crippen molar-refractivity contribution in [2.75, 3.05) is 13.1 Å². The number of unbranched alkanes of at least 4 members (excludes halogenated alkanes) is 2. The molecular weight excluding hydrogens is 498 g/mol. The largest absolute Gasteiger partial charge is 0.508 e. The smallest absolute Gasteiger partial charge is 0.408 e. The maximum atomic E-state index is 14.2. The average Bonchev–Trinajstić information content (AvgIpc) is 2.86. The Kier molecular flexibility index (Phi) is 12.1. The van der Waals surface area contributed by atoms with Crippen LogP contribution in [0.2, 0.25) is 0 Å². The van der Waals surface area contributed by atoms with Crippen LogP contribution in [0, 0.1) is 0 Å². The van der Waals surface area contributed by atoms with Crippen molar-refractivity contribution in [3.8, 4) is 11.5 Å². The van der Waals surface area contributed by atoms with Crippen molar-refractivity contribution in [1.82, 2.24) is 15.5 Å². The zero-order valence-corrected chi connectivity index (χ0v) is 23.7. The Bertz CT molecular complexity index is 1080. The summed E-state index contributed by atoms with van der Waals surface area (Å²) in [5.41, 5.74) is 0.398. The van der Waals surface area contributed by atoms with E-state index in [9.17, 15) is 24.6 Å². The van der Waals surface area contributed by atoms with Crippen LogP contribution < -0.4 is 10.6 Å². The van der Waals surface area contributed by atoms with Crippen LogP contribution in [0.15, 0.2) is 48.5 Å². The number of benzene rings is 2. The maximum Gasteiger partial charge on any atom is 0.408 e. The monoisotopic (exact) mass is 541 g/mol. The van der Waals surface area contributed by atoms with Crippen molar-refractivity contribution in [3.05, 3.63) is 59.7 Å². The molecule has 0 aliphatic heterocycles. The third-order valence-electron chi connectivity index (χ3n) is 5.98. The van der Waals surface area contributed by atoms with Gasteiger partial charge in [-0.25, -0.2) is 4.79 Å². The number of hydrogen-bond acceptors (Lipinski definition) is 6. The van der Waals surface area contributed by atoms with E-state index < -0.39 is 29.7 Å². The molecule has 3 amide bonds. The molecule has 0 fully saturated rings. The van der Waals surface area contributed by atoms with Gasteiger partial charge in [0.1, 0.15) is 29.2 Å². The van der Waals surface area contributed by atoms with Gasteiger partial charge in [0.05, 0.1) is 0 Å². The summed E-state index contributed by atoms with van der Waals surface area (Å²) in [7, 11) is 0. The molecule has 0 heterocycles. The first-order valence-electron chi connectivity index (χ1n) is 13.6. The maximum absolute atomic E-state index is 14.2. The molecule has 9 heteroatoms. The number of nitrogens with one attached hydrogen (secondary N) is 2. The molecule has 39 heavy (non-hydrogen) atoms. The number of phenolic OH excluding ortho intramolecular Hbond substituents is 2. The van der Waals surface area contributed by atoms with Crippen molar-refractivity contribution in [3.63, 3.8) is 0 Å². The fourth-order valence-corrected chi connectivity index (χ4v) is 4.07. The van der Waals surface area contributed by atoms with Crippen molar-refractivity contribution in [2.24, 2.45) is 0 Å². The molecule has 9 nitrogen and oxygen atoms in total. The van der Waals surface area contributed by atoms with E-state index in [2.05, 4.69) is 10.6 Å². The lowest BCUT2D eigenvalue weighted by Gasteiger charge is -2.34. The van der Waals surface area contributed by atoms with E-state index in [0.717, 1.165) is 19.3 Å². The zero-order chi connectivity index (χ0) is 29.0. The molecule has 0 aromatic heterocycles. The molecule has 2 atom stereocenters. The van der Waals surface area contributed by atoms with E-state index in [1.165, 1.54) is 29.2 Å². The summed E-state index contributed by atoms with van der Waals surface area (Å²) >= 11 is 0. The van der Waals surface area contributed by atoms with Crippen LogP contribution >= 0.6 is 0 Å². The van der Waals surface area contributed by atoms with Gasteiger partial charge in [0, 0.05) is 19.5 Å². The fraction of sp³-hybridized carbons (Fsp3) is 0.500. The van der Waals surface area contributed by atoms with Gasteiger partial charge in [-0.2, -0.15) is 0 Å². The summed E-state index contributed by atoms with van der Waals surface area (Å²) in [6.07, 6.45) is 2.44. The Labute approximate surface area is 231 Å². The molecule has 2 unspecified atom stereocenters. The Balaban J connectivity index is 2.52. The molecule has 0 saturated heterocycles. The highest BCUT2D eigenvalue weighted by atomic mass is 16.6. The Morgan fingerprint density at radius 1 is 0.949 bits per heavy atom. The van der Waals surface area contributed by atoms with Gasteiger partial charge in [-0.05, 0) is 69.0 Å². The number of alkyl carbamates (subject to hydrolysis) is 1. The molecule has 2 rings (SSSR count). The summed E-state index contributed by atoms with van der Waals surface area (Å²) in [4.78, 5) is 42.0. The molecule has 0 bridgehead atoms. The van der Waals surface area contributed by atoms with Gasteiger partial charge in [-0.1, -0.05) is 51.0 Å². The number of carbonyl (C=O) groups is 3. The van der Waals surface area contributed by atoms with Crippen LogP contribution in [0.4, 0.5) is 4.79 Å². The van der Waals surface area contributed by atoms with Crippen molar-refractivity contribution in [1.29, 1.82) is 0 Å². The Hall–Kier alpha value is -3.75. The van der Waals surface area contributed by atoms with E-state index in [1.54, 1.807) is 45.0 Å². The van der Waals surface area contributed by atoms with Crippen LogP contribution in [0.25, 0.3) is 0 Å². The quantitative estimate of drug-likeness (QED) is 0.269. The number of rotatable bonds is 13. The summed E-state index contributed by atoms with van der Waals surface area (Å²) in [6, 6.07) is 10.6. The van der Waals surface area contributed by atoms with Gasteiger partial charge >= 0.3 is 6.09 Å². The Morgan fingerprint density at radius 3 is 2.21 bits per heavy atom. The second-order valence-corrected chi connectivity index (χ2v) is 10.6. The number of hydrogen-bond donors (Lipinski definition) is 4. The molecular formula is C30H43N3O6. The first-order chi connectivity index (χ1) is 18.4. The predicted molar refractivity (Wildman–Crippen MR) is 150 cm³/mol. The lowest BCUT2D eigenvalue weighted by atomic mass is 9.99. The summed E-state index contributed by atoms with van der Waals surface area (Å²) in [5.74, 6) is -0.756. The standard InChI is InChI=1S/C30H43N3O6/c1-6-8-17-31-27(36)26(22-11-10-12-24(35)20-22)33(18-9-7-2)28(37)25(32-29(38)39-30(3,4)5)19-21-13-15-23(34)16-14-21/h10-16,20,25-26,34-35H,6-9,17-19H2,1-5H3,(H,31,36)(H,32,38). The van der Waals surface area contributed by atoms with Crippen molar-refractivity contribution in [2.45, 2.75) is 84.4 Å². The van der Waals surface area contributed by atoms with Crippen molar-refractivity contribution < 1.29 is 29.3 Å². The van der Waals surface area contributed by atoms with Gasteiger partial charge in [0.15, 0.2) is 0 Å². The van der Waals surface area contributed by atoms with Crippen LogP contribution in [0.5, 0.6) is 11.5 Å². The number of amides is 3. The normalized spacial score (nSPS) is 12.7. The highest BCUT2D eigenvalue weighted by Crippen LogP contribution is 2.27. The van der Waals surface area contributed by atoms with E-state index in [1.807, 2.05) is 13.8 Å². The first-order valence-corrected chi connectivity index (χ1v) is 13.6. The summed E-state index contributed by atoms with van der Waals surface area (Å²) in [5, 5.41) is 25.5. The average molecular weight is 542 g/mol. The van der Waals surface area contributed by atoms with E-state index in [0.29, 0.717) is 24.1 Å². The second-order valence-electron chi connectivity index (χ2n) is 10.6. The van der Waals surface area contributed by atoms with Crippen LogP contribution in [0.3, 0.4) is 0 Å². The van der Waals surface area contributed by atoms with Crippen LogP contribution in [0.1, 0.15) is 77.5 Å². The van der Waals surface area contributed by atoms with Gasteiger partial charge in [-0.3, -0.25) is 9.59 Å². The molecule has 0 aliphatic rings. The number of aromatic hydroxyl groups is 2. The molecule has 214 valence electrons. The number of ether oxygens (including phenoxy) is 1. The SMILES string of the molecule is CCCCNC(=O)C(c1cccc(O)c1)N(CCCC)C(=O)C(Cc1ccc(O)cc1)NC(=O)OC(C)(C)C. The minimum Gasteiger partial charge on any atom is -0.508 e. The van der Waals surface area contributed by atoms with Gasteiger partial charge in [0.2, 0.25) is 11.8 Å². The molecule has 2 aromatic rings. The fourth-order valence-electron chi connectivity index (χ4n) is 4.07. The highest BCUT2D eigenvalue weighted by Gasteiger charge is 2.36. The van der Waals surface area contributed by atoms with Crippen LogP contribution in [-0.2, 0) is 20.7 Å².